The van der Waals surface area contributed by atoms with Gasteiger partial charge in [-0.25, -0.2) is 8.78 Å². The largest absolute Gasteiger partial charge is 0.348 e. The van der Waals surface area contributed by atoms with Crippen LogP contribution < -0.4 is 10.9 Å². The van der Waals surface area contributed by atoms with Crippen molar-refractivity contribution in [1.29, 1.82) is 0 Å². The van der Waals surface area contributed by atoms with E-state index < -0.39 is 11.6 Å². The first-order chi connectivity index (χ1) is 12.0. The summed E-state index contributed by atoms with van der Waals surface area (Å²) in [5, 5.41) is 3.38. The number of anilines is 1. The monoisotopic (exact) mass is 361 g/mol. The Kier molecular flexibility index (Phi) is 4.03. The molecule has 7 heteroatoms. The van der Waals surface area contributed by atoms with Crippen molar-refractivity contribution in [1.82, 2.24) is 9.47 Å². The number of pyridine rings is 1. The minimum Gasteiger partial charge on any atom is -0.348 e. The second-order valence-electron chi connectivity index (χ2n) is 6.69. The molecule has 2 atom stereocenters. The number of rotatable bonds is 1. The number of nitrogens with zero attached hydrogens (tertiary/aromatic N) is 2. The second kappa shape index (κ2) is 6.22. The van der Waals surface area contributed by atoms with Crippen molar-refractivity contribution in [3.05, 3.63) is 64.1 Å². The molecular formula is C18H17F2N3OS. The third-order valence-corrected chi connectivity index (χ3v) is 5.24. The minimum absolute atomic E-state index is 0.0385. The van der Waals surface area contributed by atoms with Gasteiger partial charge < -0.3 is 14.8 Å². The Balaban J connectivity index is 1.53. The quantitative estimate of drug-likeness (QED) is 0.793. The molecule has 1 saturated heterocycles. The molecule has 3 heterocycles. The van der Waals surface area contributed by atoms with Crippen LogP contribution >= 0.6 is 12.2 Å². The minimum atomic E-state index is -0.644. The van der Waals surface area contributed by atoms with Crippen LogP contribution in [-0.2, 0) is 6.54 Å². The summed E-state index contributed by atoms with van der Waals surface area (Å²) in [4.78, 5) is 14.1. The summed E-state index contributed by atoms with van der Waals surface area (Å²) in [6.07, 6.45) is 1.02. The summed E-state index contributed by atoms with van der Waals surface area (Å²) in [5.41, 5.74) is 1.37. The fraction of sp³-hybridized carbons (Fsp3) is 0.333. The number of halogens is 2. The molecule has 2 aliphatic rings. The third kappa shape index (κ3) is 3.16. The second-order valence-corrected chi connectivity index (χ2v) is 7.08. The first-order valence-corrected chi connectivity index (χ1v) is 8.62. The number of benzene rings is 1. The average Bonchev–Trinajstić information content (AvgIpc) is 2.55. The van der Waals surface area contributed by atoms with E-state index in [4.69, 9.17) is 12.2 Å². The summed E-state index contributed by atoms with van der Waals surface area (Å²) in [7, 11) is 0. The Morgan fingerprint density at radius 2 is 1.88 bits per heavy atom. The highest BCUT2D eigenvalue weighted by Crippen LogP contribution is 2.35. The lowest BCUT2D eigenvalue weighted by Crippen LogP contribution is -2.50. The molecule has 0 radical (unpaired) electrons. The molecule has 2 aliphatic heterocycles. The maximum absolute atomic E-state index is 13.3. The van der Waals surface area contributed by atoms with Crippen LogP contribution in [-0.4, -0.2) is 27.7 Å². The van der Waals surface area contributed by atoms with Gasteiger partial charge in [0.05, 0.1) is 0 Å². The lowest BCUT2D eigenvalue weighted by atomic mass is 9.83. The van der Waals surface area contributed by atoms with E-state index in [1.807, 2.05) is 15.5 Å². The number of fused-ring (bicyclic) bond motifs is 4. The molecule has 25 heavy (non-hydrogen) atoms. The Morgan fingerprint density at radius 3 is 2.64 bits per heavy atom. The fourth-order valence-corrected chi connectivity index (χ4v) is 4.16. The summed E-state index contributed by atoms with van der Waals surface area (Å²) in [5.74, 6) is -0.732. The molecule has 1 fully saturated rings. The highest BCUT2D eigenvalue weighted by atomic mass is 32.1. The molecule has 1 aromatic carbocycles. The molecule has 0 amide bonds. The number of hydrogen-bond acceptors (Lipinski definition) is 2. The summed E-state index contributed by atoms with van der Waals surface area (Å²) in [6, 6.07) is 8.63. The van der Waals surface area contributed by atoms with Crippen molar-refractivity contribution in [2.24, 2.45) is 5.92 Å². The lowest BCUT2D eigenvalue weighted by Gasteiger charge is -2.43. The molecule has 4 nitrogen and oxygen atoms in total. The highest BCUT2D eigenvalue weighted by molar-refractivity contribution is 7.80. The molecule has 0 unspecified atom stereocenters. The van der Waals surface area contributed by atoms with Gasteiger partial charge in [-0.1, -0.05) is 6.07 Å². The first kappa shape index (κ1) is 16.2. The molecule has 1 N–H and O–H groups in total. The molecule has 2 aromatic rings. The van der Waals surface area contributed by atoms with E-state index in [2.05, 4.69) is 5.32 Å². The van der Waals surface area contributed by atoms with E-state index in [0.29, 0.717) is 29.8 Å². The van der Waals surface area contributed by atoms with Crippen LogP contribution in [0, 0.1) is 17.6 Å². The zero-order valence-electron chi connectivity index (χ0n) is 13.4. The summed E-state index contributed by atoms with van der Waals surface area (Å²) < 4.78 is 28.5. The number of nitrogens with one attached hydrogen (secondary N) is 1. The SMILES string of the molecule is O=c1cccc2n1C[C@@H]1C[C@H]2CN(C(=S)Nc2cc(F)cc(F)c2)C1. The molecular weight excluding hydrogens is 344 g/mol. The van der Waals surface area contributed by atoms with Crippen LogP contribution in [0.25, 0.3) is 0 Å². The first-order valence-electron chi connectivity index (χ1n) is 8.21. The van der Waals surface area contributed by atoms with E-state index in [9.17, 15) is 13.6 Å². The van der Waals surface area contributed by atoms with Crippen LogP contribution in [0.4, 0.5) is 14.5 Å². The van der Waals surface area contributed by atoms with Crippen molar-refractivity contribution in [2.45, 2.75) is 18.9 Å². The number of aromatic nitrogens is 1. The molecule has 0 spiro atoms. The van der Waals surface area contributed by atoms with Crippen molar-refractivity contribution in [3.63, 3.8) is 0 Å². The predicted molar refractivity (Wildman–Crippen MR) is 95.7 cm³/mol. The Morgan fingerprint density at radius 1 is 1.12 bits per heavy atom. The standard InChI is InChI=1S/C18H17F2N3OS/c19-13-5-14(20)7-15(6-13)21-18(25)22-8-11-4-12(10-22)16-2-1-3-17(24)23(16)9-11/h1-3,5-7,11-12H,4,8-10H2,(H,21,25)/t11-,12+/m1/s1. The molecule has 0 saturated carbocycles. The van der Waals surface area contributed by atoms with Crippen molar-refractivity contribution < 1.29 is 8.78 Å². The molecule has 2 bridgehead atoms. The van der Waals surface area contributed by atoms with Gasteiger partial charge in [0.25, 0.3) is 5.56 Å². The lowest BCUT2D eigenvalue weighted by molar-refractivity contribution is 0.180. The van der Waals surface area contributed by atoms with Gasteiger partial charge in [-0.05, 0) is 42.8 Å². The van der Waals surface area contributed by atoms with Gasteiger partial charge in [0.15, 0.2) is 5.11 Å². The predicted octanol–water partition coefficient (Wildman–Crippen LogP) is 2.94. The zero-order valence-corrected chi connectivity index (χ0v) is 14.2. The van der Waals surface area contributed by atoms with Crippen molar-refractivity contribution >= 4 is 23.0 Å². The van der Waals surface area contributed by atoms with Gasteiger partial charge >= 0.3 is 0 Å². The maximum atomic E-state index is 13.3. The molecule has 1 aromatic heterocycles. The van der Waals surface area contributed by atoms with Crippen LogP contribution in [0.1, 0.15) is 18.0 Å². The van der Waals surface area contributed by atoms with Gasteiger partial charge in [-0.2, -0.15) is 0 Å². The van der Waals surface area contributed by atoms with E-state index >= 15 is 0 Å². The van der Waals surface area contributed by atoms with Gasteiger partial charge in [0, 0.05) is 49.1 Å². The smallest absolute Gasteiger partial charge is 0.250 e. The van der Waals surface area contributed by atoms with Crippen molar-refractivity contribution in [2.75, 3.05) is 18.4 Å². The topological polar surface area (TPSA) is 37.3 Å². The number of likely N-dealkylation sites (tertiary alicyclic amines) is 1. The van der Waals surface area contributed by atoms with Gasteiger partial charge in [-0.15, -0.1) is 0 Å². The maximum Gasteiger partial charge on any atom is 0.250 e. The van der Waals surface area contributed by atoms with E-state index in [1.165, 1.54) is 12.1 Å². The summed E-state index contributed by atoms with van der Waals surface area (Å²) in [6.45, 7) is 2.09. The third-order valence-electron chi connectivity index (χ3n) is 4.88. The summed E-state index contributed by atoms with van der Waals surface area (Å²) >= 11 is 5.45. The Hall–Kier alpha value is -2.28. The fourth-order valence-electron chi connectivity index (χ4n) is 3.89. The number of piperidine rings is 1. The van der Waals surface area contributed by atoms with Crippen molar-refractivity contribution in [3.8, 4) is 0 Å². The Labute approximate surface area is 149 Å². The normalized spacial score (nSPS) is 21.6. The van der Waals surface area contributed by atoms with Crippen LogP contribution in [0.3, 0.4) is 0 Å². The van der Waals surface area contributed by atoms with E-state index in [-0.39, 0.29) is 11.5 Å². The van der Waals surface area contributed by atoms with E-state index in [0.717, 1.165) is 24.7 Å². The van der Waals surface area contributed by atoms with Crippen LogP contribution in [0.2, 0.25) is 0 Å². The number of thiocarbonyl (C=S) groups is 1. The average molecular weight is 361 g/mol. The van der Waals surface area contributed by atoms with Gasteiger partial charge in [0.1, 0.15) is 11.6 Å². The van der Waals surface area contributed by atoms with Crippen LogP contribution in [0.15, 0.2) is 41.2 Å². The molecule has 4 rings (SSSR count). The van der Waals surface area contributed by atoms with Gasteiger partial charge in [-0.3, -0.25) is 4.79 Å². The van der Waals surface area contributed by atoms with Gasteiger partial charge in [0.2, 0.25) is 0 Å². The van der Waals surface area contributed by atoms with Crippen LogP contribution in [0.5, 0.6) is 0 Å². The van der Waals surface area contributed by atoms with E-state index in [1.54, 1.807) is 12.1 Å². The Bertz CT molecular complexity index is 878. The zero-order chi connectivity index (χ0) is 17.6. The highest BCUT2D eigenvalue weighted by Gasteiger charge is 2.35. The number of hydrogen-bond donors (Lipinski definition) is 1. The molecule has 0 aliphatic carbocycles. The molecule has 130 valence electrons.